The first-order chi connectivity index (χ1) is 28.3. The lowest BCUT2D eigenvalue weighted by Crippen LogP contribution is -2.01. The summed E-state index contributed by atoms with van der Waals surface area (Å²) in [5, 5.41) is 6.97. The van der Waals surface area contributed by atoms with Crippen LogP contribution in [-0.2, 0) is 0 Å². The van der Waals surface area contributed by atoms with Crippen LogP contribution >= 0.6 is 0 Å². The van der Waals surface area contributed by atoms with Gasteiger partial charge in [0.15, 0.2) is 17.5 Å². The minimum atomic E-state index is 0.556. The van der Waals surface area contributed by atoms with Crippen molar-refractivity contribution < 1.29 is 4.42 Å². The lowest BCUT2D eigenvalue weighted by atomic mass is 9.86. The molecule has 0 amide bonds. The van der Waals surface area contributed by atoms with E-state index >= 15 is 0 Å². The monoisotopic (exact) mass is 727 g/mol. The maximum Gasteiger partial charge on any atom is 0.167 e. The standard InChI is InChI=1S/C53H33N3O/c1-3-16-34(17-4-1)38-20-7-12-26-45(38)52-54-51(55-53(56-52)46-28-15-27-44-39-21-13-14-29-47(39)57-50(44)46)37-32-30-36(31-33-37)49-42-24-10-8-22-40(42)48(35-18-5-2-6-19-35)41-23-9-11-25-43(41)49/h1-33H. The molecule has 0 saturated carbocycles. The molecule has 0 aliphatic carbocycles. The number of nitrogens with zero attached hydrogens (tertiary/aromatic N) is 3. The number of benzene rings is 9. The second-order valence-electron chi connectivity index (χ2n) is 14.3. The van der Waals surface area contributed by atoms with Gasteiger partial charge in [0.05, 0.1) is 5.56 Å². The van der Waals surface area contributed by atoms with Crippen LogP contribution in [0.1, 0.15) is 0 Å². The summed E-state index contributed by atoms with van der Waals surface area (Å²) in [7, 11) is 0. The van der Waals surface area contributed by atoms with E-state index in [0.29, 0.717) is 17.5 Å². The zero-order valence-electron chi connectivity index (χ0n) is 30.8. The highest BCUT2D eigenvalue weighted by atomic mass is 16.3. The molecule has 0 aliphatic rings. The summed E-state index contributed by atoms with van der Waals surface area (Å²) in [6.07, 6.45) is 0. The second-order valence-corrected chi connectivity index (χ2v) is 14.3. The van der Waals surface area contributed by atoms with Gasteiger partial charge in [0.25, 0.3) is 0 Å². The molecule has 0 N–H and O–H groups in total. The Labute approximate surface area is 329 Å². The Morgan fingerprint density at radius 3 is 1.32 bits per heavy atom. The van der Waals surface area contributed by atoms with Crippen molar-refractivity contribution in [3.05, 3.63) is 200 Å². The third-order valence-electron chi connectivity index (χ3n) is 11.0. The summed E-state index contributed by atoms with van der Waals surface area (Å²) in [5.74, 6) is 1.74. The van der Waals surface area contributed by atoms with E-state index in [1.165, 1.54) is 38.2 Å². The Kier molecular flexibility index (Phi) is 7.78. The largest absolute Gasteiger partial charge is 0.455 e. The summed E-state index contributed by atoms with van der Waals surface area (Å²) < 4.78 is 6.49. The maximum absolute atomic E-state index is 6.49. The van der Waals surface area contributed by atoms with Gasteiger partial charge in [0, 0.05) is 21.9 Å². The van der Waals surface area contributed by atoms with Crippen LogP contribution < -0.4 is 0 Å². The van der Waals surface area contributed by atoms with Gasteiger partial charge in [0.1, 0.15) is 11.2 Å². The second kappa shape index (κ2) is 13.6. The Hall–Kier alpha value is -7.69. The average molecular weight is 728 g/mol. The molecule has 266 valence electrons. The first-order valence-corrected chi connectivity index (χ1v) is 19.2. The smallest absolute Gasteiger partial charge is 0.167 e. The molecule has 0 atom stereocenters. The zero-order chi connectivity index (χ0) is 37.7. The van der Waals surface area contributed by atoms with Crippen LogP contribution in [0.25, 0.3) is 111 Å². The van der Waals surface area contributed by atoms with Crippen LogP contribution in [0, 0.1) is 0 Å². The van der Waals surface area contributed by atoms with E-state index in [2.05, 4.69) is 158 Å². The SMILES string of the molecule is c1ccc(-c2ccccc2-c2nc(-c3ccc(-c4c5ccccc5c(-c5ccccc5)c5ccccc45)cc3)nc(-c3cccc4c3oc3ccccc34)n2)cc1. The van der Waals surface area contributed by atoms with Crippen molar-refractivity contribution in [2.75, 3.05) is 0 Å². The lowest BCUT2D eigenvalue weighted by molar-refractivity contribution is 0.669. The molecule has 0 saturated heterocycles. The number of aromatic nitrogens is 3. The van der Waals surface area contributed by atoms with Crippen molar-refractivity contribution in [2.45, 2.75) is 0 Å². The van der Waals surface area contributed by atoms with Gasteiger partial charge in [-0.2, -0.15) is 0 Å². The fourth-order valence-electron chi connectivity index (χ4n) is 8.36. The highest BCUT2D eigenvalue weighted by Gasteiger charge is 2.20. The number of furan rings is 1. The average Bonchev–Trinajstić information content (AvgIpc) is 3.68. The predicted octanol–water partition coefficient (Wildman–Crippen LogP) is 14.1. The Morgan fingerprint density at radius 1 is 0.263 bits per heavy atom. The van der Waals surface area contributed by atoms with Crippen molar-refractivity contribution in [1.29, 1.82) is 0 Å². The van der Waals surface area contributed by atoms with E-state index in [4.69, 9.17) is 19.4 Å². The Bertz CT molecular complexity index is 3220. The van der Waals surface area contributed by atoms with Gasteiger partial charge in [-0.1, -0.05) is 188 Å². The van der Waals surface area contributed by atoms with E-state index in [1.54, 1.807) is 0 Å². The predicted molar refractivity (Wildman–Crippen MR) is 235 cm³/mol. The van der Waals surface area contributed by atoms with E-state index in [9.17, 15) is 0 Å². The van der Waals surface area contributed by atoms with Gasteiger partial charge in [-0.05, 0) is 67.1 Å². The molecular weight excluding hydrogens is 695 g/mol. The van der Waals surface area contributed by atoms with Gasteiger partial charge in [-0.25, -0.2) is 15.0 Å². The number of rotatable bonds is 6. The minimum absolute atomic E-state index is 0.556. The Morgan fingerprint density at radius 2 is 0.684 bits per heavy atom. The summed E-state index contributed by atoms with van der Waals surface area (Å²) in [6, 6.07) is 69.9. The number of fused-ring (bicyclic) bond motifs is 5. The summed E-state index contributed by atoms with van der Waals surface area (Å²) in [6.45, 7) is 0. The first-order valence-electron chi connectivity index (χ1n) is 19.2. The molecule has 4 nitrogen and oxygen atoms in total. The quantitative estimate of drug-likeness (QED) is 0.160. The van der Waals surface area contributed by atoms with Crippen molar-refractivity contribution in [2.24, 2.45) is 0 Å². The van der Waals surface area contributed by atoms with Gasteiger partial charge >= 0.3 is 0 Å². The van der Waals surface area contributed by atoms with E-state index in [-0.39, 0.29) is 0 Å². The molecule has 9 aromatic carbocycles. The third kappa shape index (κ3) is 5.58. The molecule has 0 spiro atoms. The highest BCUT2D eigenvalue weighted by Crippen LogP contribution is 2.44. The number of hydrogen-bond donors (Lipinski definition) is 0. The molecule has 0 unspecified atom stereocenters. The molecule has 0 aliphatic heterocycles. The first kappa shape index (κ1) is 32.7. The van der Waals surface area contributed by atoms with E-state index in [1.807, 2.05) is 42.5 Å². The van der Waals surface area contributed by atoms with Crippen LogP contribution in [0.5, 0.6) is 0 Å². The number of para-hydroxylation sites is 2. The molecule has 11 rings (SSSR count). The molecule has 0 radical (unpaired) electrons. The molecule has 57 heavy (non-hydrogen) atoms. The van der Waals surface area contributed by atoms with Crippen molar-refractivity contribution in [3.8, 4) is 67.5 Å². The van der Waals surface area contributed by atoms with E-state index in [0.717, 1.165) is 55.3 Å². The van der Waals surface area contributed by atoms with Gasteiger partial charge in [-0.3, -0.25) is 0 Å². The molecule has 0 fully saturated rings. The maximum atomic E-state index is 6.49. The van der Waals surface area contributed by atoms with Crippen molar-refractivity contribution in [3.63, 3.8) is 0 Å². The summed E-state index contributed by atoms with van der Waals surface area (Å²) in [4.78, 5) is 15.6. The van der Waals surface area contributed by atoms with Crippen molar-refractivity contribution >= 4 is 43.5 Å². The molecule has 11 aromatic rings. The van der Waals surface area contributed by atoms with Gasteiger partial charge in [0.2, 0.25) is 0 Å². The van der Waals surface area contributed by atoms with E-state index < -0.39 is 0 Å². The van der Waals surface area contributed by atoms with Crippen LogP contribution in [0.3, 0.4) is 0 Å². The normalized spacial score (nSPS) is 11.5. The minimum Gasteiger partial charge on any atom is -0.455 e. The highest BCUT2D eigenvalue weighted by molar-refractivity contribution is 6.21. The number of hydrogen-bond acceptors (Lipinski definition) is 4. The van der Waals surface area contributed by atoms with Crippen LogP contribution in [0.15, 0.2) is 205 Å². The van der Waals surface area contributed by atoms with Crippen LogP contribution in [0.4, 0.5) is 0 Å². The summed E-state index contributed by atoms with van der Waals surface area (Å²) in [5.41, 5.74) is 11.2. The van der Waals surface area contributed by atoms with Gasteiger partial charge < -0.3 is 4.42 Å². The van der Waals surface area contributed by atoms with Gasteiger partial charge in [-0.15, -0.1) is 0 Å². The molecule has 2 heterocycles. The topological polar surface area (TPSA) is 51.8 Å². The molecular formula is C53H33N3O. The molecule has 0 bridgehead atoms. The third-order valence-corrected chi connectivity index (χ3v) is 11.0. The fraction of sp³-hybridized carbons (Fsp3) is 0. The fourth-order valence-corrected chi connectivity index (χ4v) is 8.36. The lowest BCUT2D eigenvalue weighted by Gasteiger charge is -2.18. The Balaban J connectivity index is 1.11. The zero-order valence-corrected chi connectivity index (χ0v) is 30.8. The van der Waals surface area contributed by atoms with Crippen LogP contribution in [-0.4, -0.2) is 15.0 Å². The molecule has 2 aromatic heterocycles. The van der Waals surface area contributed by atoms with Crippen LogP contribution in [0.2, 0.25) is 0 Å². The summed E-state index contributed by atoms with van der Waals surface area (Å²) >= 11 is 0. The van der Waals surface area contributed by atoms with Crippen molar-refractivity contribution in [1.82, 2.24) is 15.0 Å². The molecule has 4 heteroatoms.